The van der Waals surface area contributed by atoms with Gasteiger partial charge in [-0.3, -0.25) is 9.59 Å². The molecule has 1 aromatic heterocycles. The van der Waals surface area contributed by atoms with Gasteiger partial charge in [-0.2, -0.15) is 0 Å². The van der Waals surface area contributed by atoms with Gasteiger partial charge in [-0.15, -0.1) is 0 Å². The van der Waals surface area contributed by atoms with Crippen LogP contribution in [0.15, 0.2) is 75.9 Å². The Hall–Kier alpha value is -3.57. The highest BCUT2D eigenvalue weighted by Gasteiger charge is 2.19. The summed E-state index contributed by atoms with van der Waals surface area (Å²) in [5.41, 5.74) is 2.20. The molecular formula is C26H21ClO5. The number of ketones is 1. The zero-order valence-corrected chi connectivity index (χ0v) is 18.4. The molecule has 0 amide bonds. The molecule has 0 N–H and O–H groups in total. The molecule has 6 heteroatoms. The number of halogens is 1. The standard InChI is InChI=1S/C26H21ClO5/c1-3-30-20-11-8-17(9-12-20)22(28)15-31-26-24(29)21-14-19(27)10-13-23(21)32-25(26)18-6-4-16(2)5-7-18/h4-14H,3,15H2,1-2H3. The average molecular weight is 449 g/mol. The molecule has 0 unspecified atom stereocenters. The van der Waals surface area contributed by atoms with Crippen LogP contribution < -0.4 is 14.9 Å². The predicted octanol–water partition coefficient (Wildman–Crippen LogP) is 6.08. The Labute approximate surface area is 190 Å². The van der Waals surface area contributed by atoms with Crippen molar-refractivity contribution in [3.8, 4) is 22.8 Å². The molecule has 4 aromatic rings. The van der Waals surface area contributed by atoms with E-state index in [1.165, 1.54) is 6.07 Å². The van der Waals surface area contributed by atoms with Gasteiger partial charge in [0.25, 0.3) is 0 Å². The summed E-state index contributed by atoms with van der Waals surface area (Å²) in [5.74, 6) is 0.652. The SMILES string of the molecule is CCOc1ccc(C(=O)COc2c(-c3ccc(C)cc3)oc3ccc(Cl)cc3c2=O)cc1. The molecule has 0 saturated carbocycles. The second kappa shape index (κ2) is 9.28. The summed E-state index contributed by atoms with van der Waals surface area (Å²) >= 11 is 6.07. The van der Waals surface area contributed by atoms with Crippen molar-refractivity contribution in [2.45, 2.75) is 13.8 Å². The Bertz CT molecular complexity index is 1320. The Balaban J connectivity index is 1.70. The van der Waals surface area contributed by atoms with Crippen molar-refractivity contribution in [1.29, 1.82) is 0 Å². The van der Waals surface area contributed by atoms with Gasteiger partial charge in [-0.05, 0) is 56.3 Å². The Kier molecular flexibility index (Phi) is 6.28. The molecule has 162 valence electrons. The molecular weight excluding hydrogens is 428 g/mol. The van der Waals surface area contributed by atoms with Gasteiger partial charge in [-0.1, -0.05) is 41.4 Å². The topological polar surface area (TPSA) is 65.7 Å². The summed E-state index contributed by atoms with van der Waals surface area (Å²) in [5, 5.41) is 0.696. The first-order valence-electron chi connectivity index (χ1n) is 10.2. The van der Waals surface area contributed by atoms with Crippen LogP contribution in [0.2, 0.25) is 5.02 Å². The fourth-order valence-electron chi connectivity index (χ4n) is 3.30. The molecule has 0 fully saturated rings. The monoisotopic (exact) mass is 448 g/mol. The Morgan fingerprint density at radius 1 is 0.969 bits per heavy atom. The number of ether oxygens (including phenoxy) is 2. The van der Waals surface area contributed by atoms with E-state index in [1.54, 1.807) is 36.4 Å². The van der Waals surface area contributed by atoms with E-state index >= 15 is 0 Å². The third-order valence-electron chi connectivity index (χ3n) is 4.96. The summed E-state index contributed by atoms with van der Waals surface area (Å²) in [6.45, 7) is 4.08. The molecule has 0 atom stereocenters. The van der Waals surface area contributed by atoms with Crippen molar-refractivity contribution >= 4 is 28.4 Å². The Morgan fingerprint density at radius 3 is 2.38 bits per heavy atom. The van der Waals surface area contributed by atoms with E-state index in [0.29, 0.717) is 34.1 Å². The molecule has 32 heavy (non-hydrogen) atoms. The molecule has 0 radical (unpaired) electrons. The minimum absolute atomic E-state index is 0.0251. The van der Waals surface area contributed by atoms with Crippen LogP contribution in [0.4, 0.5) is 0 Å². The first-order valence-corrected chi connectivity index (χ1v) is 10.6. The van der Waals surface area contributed by atoms with Gasteiger partial charge in [-0.25, -0.2) is 0 Å². The third kappa shape index (κ3) is 4.53. The van der Waals surface area contributed by atoms with Crippen molar-refractivity contribution < 1.29 is 18.7 Å². The maximum atomic E-state index is 13.2. The van der Waals surface area contributed by atoms with Gasteiger partial charge in [0.1, 0.15) is 11.3 Å². The first-order chi connectivity index (χ1) is 15.5. The van der Waals surface area contributed by atoms with Crippen LogP contribution in [0.5, 0.6) is 11.5 Å². The molecule has 0 spiro atoms. The molecule has 0 aliphatic rings. The Morgan fingerprint density at radius 2 is 1.69 bits per heavy atom. The van der Waals surface area contributed by atoms with Crippen LogP contribution in [-0.4, -0.2) is 19.0 Å². The van der Waals surface area contributed by atoms with Crippen molar-refractivity contribution in [1.82, 2.24) is 0 Å². The number of benzene rings is 3. The van der Waals surface area contributed by atoms with Gasteiger partial charge in [0.2, 0.25) is 11.2 Å². The van der Waals surface area contributed by atoms with E-state index in [0.717, 1.165) is 5.56 Å². The fraction of sp³-hybridized carbons (Fsp3) is 0.154. The van der Waals surface area contributed by atoms with E-state index in [1.807, 2.05) is 38.1 Å². The van der Waals surface area contributed by atoms with E-state index < -0.39 is 0 Å². The van der Waals surface area contributed by atoms with E-state index in [4.69, 9.17) is 25.5 Å². The lowest BCUT2D eigenvalue weighted by atomic mass is 10.1. The zero-order chi connectivity index (χ0) is 22.7. The molecule has 4 rings (SSSR count). The summed E-state index contributed by atoms with van der Waals surface area (Å²) < 4.78 is 17.2. The summed E-state index contributed by atoms with van der Waals surface area (Å²) in [6.07, 6.45) is 0. The van der Waals surface area contributed by atoms with Gasteiger partial charge in [0.15, 0.2) is 18.2 Å². The number of rotatable bonds is 7. The quantitative estimate of drug-likeness (QED) is 0.320. The van der Waals surface area contributed by atoms with Crippen LogP contribution >= 0.6 is 11.6 Å². The fourth-order valence-corrected chi connectivity index (χ4v) is 3.47. The highest BCUT2D eigenvalue weighted by molar-refractivity contribution is 6.31. The number of hydrogen-bond acceptors (Lipinski definition) is 5. The molecule has 3 aromatic carbocycles. The van der Waals surface area contributed by atoms with Gasteiger partial charge in [0, 0.05) is 16.1 Å². The van der Waals surface area contributed by atoms with Crippen molar-refractivity contribution in [3.05, 3.63) is 93.1 Å². The smallest absolute Gasteiger partial charge is 0.235 e. The van der Waals surface area contributed by atoms with Crippen LogP contribution in [0.3, 0.4) is 0 Å². The molecule has 0 saturated heterocycles. The third-order valence-corrected chi connectivity index (χ3v) is 5.19. The number of carbonyl (C=O) groups is 1. The predicted molar refractivity (Wildman–Crippen MR) is 125 cm³/mol. The van der Waals surface area contributed by atoms with E-state index in [-0.39, 0.29) is 34.7 Å². The maximum absolute atomic E-state index is 13.2. The lowest BCUT2D eigenvalue weighted by molar-refractivity contribution is 0.0920. The molecule has 0 bridgehead atoms. The second-order valence-electron chi connectivity index (χ2n) is 7.27. The van der Waals surface area contributed by atoms with Crippen LogP contribution in [-0.2, 0) is 0 Å². The number of hydrogen-bond donors (Lipinski definition) is 0. The van der Waals surface area contributed by atoms with E-state index in [2.05, 4.69) is 0 Å². The van der Waals surface area contributed by atoms with Crippen molar-refractivity contribution in [2.24, 2.45) is 0 Å². The van der Waals surface area contributed by atoms with Crippen LogP contribution in [0.1, 0.15) is 22.8 Å². The largest absolute Gasteiger partial charge is 0.494 e. The number of carbonyl (C=O) groups excluding carboxylic acids is 1. The molecule has 5 nitrogen and oxygen atoms in total. The maximum Gasteiger partial charge on any atom is 0.235 e. The highest BCUT2D eigenvalue weighted by Crippen LogP contribution is 2.32. The normalized spacial score (nSPS) is 10.8. The summed E-state index contributed by atoms with van der Waals surface area (Å²) in [7, 11) is 0. The molecule has 0 aliphatic heterocycles. The average Bonchev–Trinajstić information content (AvgIpc) is 2.80. The van der Waals surface area contributed by atoms with E-state index in [9.17, 15) is 9.59 Å². The van der Waals surface area contributed by atoms with Gasteiger partial charge in [0.05, 0.1) is 12.0 Å². The summed E-state index contributed by atoms with van der Waals surface area (Å²) in [4.78, 5) is 25.9. The zero-order valence-electron chi connectivity index (χ0n) is 17.7. The molecule has 1 heterocycles. The lowest BCUT2D eigenvalue weighted by Gasteiger charge is -2.12. The minimum atomic E-state index is -0.385. The number of Topliss-reactive ketones (excluding diaryl/α,β-unsaturated/α-hetero) is 1. The number of aryl methyl sites for hydroxylation is 1. The lowest BCUT2D eigenvalue weighted by Crippen LogP contribution is -2.17. The van der Waals surface area contributed by atoms with Crippen LogP contribution in [0, 0.1) is 6.92 Å². The highest BCUT2D eigenvalue weighted by atomic mass is 35.5. The summed E-state index contributed by atoms with van der Waals surface area (Å²) in [6, 6.07) is 19.1. The van der Waals surface area contributed by atoms with Gasteiger partial charge < -0.3 is 13.9 Å². The van der Waals surface area contributed by atoms with Crippen molar-refractivity contribution in [2.75, 3.05) is 13.2 Å². The van der Waals surface area contributed by atoms with Gasteiger partial charge >= 0.3 is 0 Å². The van der Waals surface area contributed by atoms with Crippen LogP contribution in [0.25, 0.3) is 22.3 Å². The first kappa shape index (κ1) is 21.7. The van der Waals surface area contributed by atoms with Crippen molar-refractivity contribution in [3.63, 3.8) is 0 Å². The number of fused-ring (bicyclic) bond motifs is 1. The molecule has 0 aliphatic carbocycles. The minimum Gasteiger partial charge on any atom is -0.494 e. The second-order valence-corrected chi connectivity index (χ2v) is 7.70.